The summed E-state index contributed by atoms with van der Waals surface area (Å²) in [6, 6.07) is 5.78. The minimum absolute atomic E-state index is 0. The molecule has 0 unspecified atom stereocenters. The van der Waals surface area contributed by atoms with Crippen LogP contribution in [0.1, 0.15) is 5.56 Å². The van der Waals surface area contributed by atoms with Gasteiger partial charge < -0.3 is 17.0 Å². The fourth-order valence-electron chi connectivity index (χ4n) is 0.705. The Labute approximate surface area is 134 Å². The number of aryl methyl sites for hydroxylation is 1. The summed E-state index contributed by atoms with van der Waals surface area (Å²) in [4.78, 5) is -0.178. The molecule has 0 fully saturated rings. The predicted molar refractivity (Wildman–Crippen MR) is 39.1 cm³/mol. The maximum absolute atomic E-state index is 10.4. The van der Waals surface area contributed by atoms with Crippen molar-refractivity contribution < 1.29 is 84.5 Å². The van der Waals surface area contributed by atoms with Crippen molar-refractivity contribution >= 4 is 10.1 Å². The Morgan fingerprint density at radius 3 is 1.71 bits per heavy atom. The summed E-state index contributed by atoms with van der Waals surface area (Å²) in [7, 11) is -4.27. The molecule has 1 aromatic carbocycles. The van der Waals surface area contributed by atoms with Crippen LogP contribution in [0.25, 0.3) is 0 Å². The van der Waals surface area contributed by atoms with Gasteiger partial charge in [-0.25, -0.2) is 8.42 Å². The number of hydrogen-bond donors (Lipinski definition) is 0. The third kappa shape index (κ3) is 6.82. The summed E-state index contributed by atoms with van der Waals surface area (Å²) in [6.45, 7) is 1.82. The maximum Gasteiger partial charge on any atom is 1.00 e. The standard InChI is InChI=1S/C7H8O3S.ClH.2Na/c1-6-2-4-7(5-3-6)11(8,9)10;;;/h2-5H,1H3,(H,8,9,10);1H;;/q;;2*+1/p-2. The molecule has 0 N–H and O–H groups in total. The topological polar surface area (TPSA) is 57.2 Å². The van der Waals surface area contributed by atoms with Gasteiger partial charge in [0.05, 0.1) is 4.90 Å². The van der Waals surface area contributed by atoms with Gasteiger partial charge in [-0.1, -0.05) is 17.7 Å². The molecule has 0 heterocycles. The molecule has 0 atom stereocenters. The Bertz CT molecular complexity index is 350. The molecule has 7 heteroatoms. The van der Waals surface area contributed by atoms with Crippen molar-refractivity contribution in [1.29, 1.82) is 0 Å². The second kappa shape index (κ2) is 8.56. The zero-order valence-corrected chi connectivity index (χ0v) is 13.9. The minimum Gasteiger partial charge on any atom is -1.00 e. The first kappa shape index (κ1) is 20.8. The van der Waals surface area contributed by atoms with Crippen LogP contribution >= 0.6 is 0 Å². The van der Waals surface area contributed by atoms with E-state index in [0.717, 1.165) is 5.56 Å². The number of rotatable bonds is 1. The molecule has 0 aliphatic carbocycles. The second-order valence-corrected chi connectivity index (χ2v) is 3.65. The molecule has 0 amide bonds. The zero-order chi connectivity index (χ0) is 8.48. The molecule has 0 spiro atoms. The van der Waals surface area contributed by atoms with Gasteiger partial charge in [0.2, 0.25) is 0 Å². The molecule has 0 saturated heterocycles. The summed E-state index contributed by atoms with van der Waals surface area (Å²) in [5.41, 5.74) is 0.928. The van der Waals surface area contributed by atoms with Gasteiger partial charge in [-0.2, -0.15) is 0 Å². The van der Waals surface area contributed by atoms with Crippen LogP contribution in [0, 0.1) is 6.92 Å². The fourth-order valence-corrected chi connectivity index (χ4v) is 1.17. The van der Waals surface area contributed by atoms with E-state index in [0.29, 0.717) is 0 Å². The van der Waals surface area contributed by atoms with Crippen molar-refractivity contribution in [3.8, 4) is 0 Å². The molecule has 3 nitrogen and oxygen atoms in total. The molecule has 0 aliphatic heterocycles. The Kier molecular flexibility index (Phi) is 12.7. The first-order valence-corrected chi connectivity index (χ1v) is 4.43. The number of halogens is 1. The van der Waals surface area contributed by atoms with E-state index in [4.69, 9.17) is 0 Å². The van der Waals surface area contributed by atoms with E-state index >= 15 is 0 Å². The quantitative estimate of drug-likeness (QED) is 0.369. The van der Waals surface area contributed by atoms with Gasteiger partial charge in [0.1, 0.15) is 10.1 Å². The van der Waals surface area contributed by atoms with Gasteiger partial charge in [0.25, 0.3) is 0 Å². The van der Waals surface area contributed by atoms with Gasteiger partial charge in [-0.05, 0) is 19.1 Å². The molecule has 14 heavy (non-hydrogen) atoms. The van der Waals surface area contributed by atoms with Crippen molar-refractivity contribution in [2.75, 3.05) is 0 Å². The average molecular weight is 253 g/mol. The predicted octanol–water partition coefficient (Wildman–Crippen LogP) is -8.09. The molecule has 0 bridgehead atoms. The van der Waals surface area contributed by atoms with Crippen molar-refractivity contribution in [2.45, 2.75) is 11.8 Å². The normalized spacial score (nSPS) is 9.00. The van der Waals surface area contributed by atoms with Crippen molar-refractivity contribution in [3.63, 3.8) is 0 Å². The van der Waals surface area contributed by atoms with Crippen LogP contribution in [0.5, 0.6) is 0 Å². The molecule has 0 saturated carbocycles. The summed E-state index contributed by atoms with van der Waals surface area (Å²) >= 11 is 0. The van der Waals surface area contributed by atoms with Crippen LogP contribution in [-0.2, 0) is 10.1 Å². The molecule has 0 aliphatic rings. The van der Waals surface area contributed by atoms with Crippen LogP contribution in [0.3, 0.4) is 0 Å². The van der Waals surface area contributed by atoms with E-state index in [9.17, 15) is 13.0 Å². The van der Waals surface area contributed by atoms with Gasteiger partial charge in [-0.3, -0.25) is 0 Å². The monoisotopic (exact) mass is 252 g/mol. The van der Waals surface area contributed by atoms with E-state index in [1.54, 1.807) is 12.1 Å². The van der Waals surface area contributed by atoms with Gasteiger partial charge >= 0.3 is 59.1 Å². The zero-order valence-electron chi connectivity index (χ0n) is 8.32. The molecular formula is C7H7ClNa2O3S. The summed E-state index contributed by atoms with van der Waals surface area (Å²) in [5.74, 6) is 0. The molecule has 1 rings (SSSR count). The van der Waals surface area contributed by atoms with Gasteiger partial charge in [0.15, 0.2) is 0 Å². The molecule has 68 valence electrons. The Balaban J connectivity index is -0.000000403. The number of benzene rings is 1. The van der Waals surface area contributed by atoms with E-state index in [1.807, 2.05) is 6.92 Å². The van der Waals surface area contributed by atoms with Crippen LogP contribution in [-0.4, -0.2) is 13.0 Å². The van der Waals surface area contributed by atoms with Crippen molar-refractivity contribution in [3.05, 3.63) is 29.8 Å². The Hall–Kier alpha value is 1.42. The smallest absolute Gasteiger partial charge is 1.00 e. The molecule has 1 aromatic rings. The van der Waals surface area contributed by atoms with E-state index in [2.05, 4.69) is 0 Å². The van der Waals surface area contributed by atoms with Crippen LogP contribution in [0.4, 0.5) is 0 Å². The minimum atomic E-state index is -4.27. The SMILES string of the molecule is Cc1ccc(S(=O)(=O)[O-])cc1.[Cl-].[Na+].[Na+]. The molecular weight excluding hydrogens is 246 g/mol. The van der Waals surface area contributed by atoms with E-state index in [1.165, 1.54) is 12.1 Å². The Morgan fingerprint density at radius 2 is 1.43 bits per heavy atom. The van der Waals surface area contributed by atoms with Gasteiger partial charge in [0, 0.05) is 0 Å². The second-order valence-electron chi connectivity index (χ2n) is 2.27. The van der Waals surface area contributed by atoms with Crippen molar-refractivity contribution in [1.82, 2.24) is 0 Å². The summed E-state index contributed by atoms with van der Waals surface area (Å²) in [5, 5.41) is 0. The Morgan fingerprint density at radius 1 is 1.07 bits per heavy atom. The summed E-state index contributed by atoms with van der Waals surface area (Å²) < 4.78 is 31.2. The maximum atomic E-state index is 10.4. The third-order valence-corrected chi connectivity index (χ3v) is 2.16. The third-order valence-electron chi connectivity index (χ3n) is 1.31. The van der Waals surface area contributed by atoms with Crippen LogP contribution in [0.2, 0.25) is 0 Å². The van der Waals surface area contributed by atoms with Crippen LogP contribution < -0.4 is 71.5 Å². The van der Waals surface area contributed by atoms with Gasteiger partial charge in [-0.15, -0.1) is 0 Å². The van der Waals surface area contributed by atoms with Crippen molar-refractivity contribution in [2.24, 2.45) is 0 Å². The summed E-state index contributed by atoms with van der Waals surface area (Å²) in [6.07, 6.45) is 0. The molecule has 0 aromatic heterocycles. The first-order valence-electron chi connectivity index (χ1n) is 3.03. The van der Waals surface area contributed by atoms with Crippen LogP contribution in [0.15, 0.2) is 29.2 Å². The largest absolute Gasteiger partial charge is 1.00 e. The van der Waals surface area contributed by atoms with E-state index in [-0.39, 0.29) is 76.4 Å². The molecule has 0 radical (unpaired) electrons. The average Bonchev–Trinajstić information content (AvgIpc) is 1.86. The number of hydrogen-bond acceptors (Lipinski definition) is 3. The fraction of sp³-hybridized carbons (Fsp3) is 0.143. The van der Waals surface area contributed by atoms with E-state index < -0.39 is 10.1 Å². The first-order chi connectivity index (χ1) is 5.00.